The van der Waals surface area contributed by atoms with E-state index in [1.54, 1.807) is 36.4 Å². The molecule has 1 atom stereocenters. The average molecular weight is 363 g/mol. The average Bonchev–Trinajstić information content (AvgIpc) is 2.90. The van der Waals surface area contributed by atoms with Crippen LogP contribution < -0.4 is 10.2 Å². The van der Waals surface area contributed by atoms with Gasteiger partial charge in [-0.1, -0.05) is 29.8 Å². The third kappa shape index (κ3) is 3.77. The van der Waals surface area contributed by atoms with E-state index in [1.807, 2.05) is 18.2 Å². The van der Waals surface area contributed by atoms with Gasteiger partial charge in [0, 0.05) is 21.8 Å². The van der Waals surface area contributed by atoms with Crippen LogP contribution >= 0.6 is 11.6 Å². The van der Waals surface area contributed by atoms with Gasteiger partial charge in [0.25, 0.3) is 0 Å². The van der Waals surface area contributed by atoms with E-state index in [0.717, 1.165) is 5.41 Å². The first kappa shape index (κ1) is 16.5. The lowest BCUT2D eigenvalue weighted by Crippen LogP contribution is -2.43. The van der Waals surface area contributed by atoms with E-state index in [9.17, 15) is 13.2 Å². The third-order valence-corrected chi connectivity index (χ3v) is 5.22. The molecule has 3 rings (SSSR count). The predicted octanol–water partition coefficient (Wildman–Crippen LogP) is 3.69. The first-order chi connectivity index (χ1) is 11.4. The molecule has 1 aliphatic rings. The zero-order valence-electron chi connectivity index (χ0n) is 12.6. The maximum atomic E-state index is 12.7. The molecular weight excluding hydrogens is 348 g/mol. The Labute approximate surface area is 145 Å². The fourth-order valence-corrected chi connectivity index (χ4v) is 3.88. The van der Waals surface area contributed by atoms with E-state index in [4.69, 9.17) is 11.6 Å². The van der Waals surface area contributed by atoms with Crippen molar-refractivity contribution in [3.05, 3.63) is 71.1 Å². The van der Waals surface area contributed by atoms with E-state index < -0.39 is 21.9 Å². The lowest BCUT2D eigenvalue weighted by Gasteiger charge is -2.28. The third-order valence-electron chi connectivity index (χ3n) is 3.59. The topological polar surface area (TPSA) is 66.5 Å². The molecule has 0 unspecified atom stereocenters. The number of nitrogens with one attached hydrogen (secondary N) is 1. The Morgan fingerprint density at radius 3 is 2.33 bits per heavy atom. The summed E-state index contributed by atoms with van der Waals surface area (Å²) in [6.45, 7) is 0. The van der Waals surface area contributed by atoms with E-state index >= 15 is 0 Å². The first-order valence-corrected chi connectivity index (χ1v) is 9.36. The molecule has 0 aromatic heterocycles. The smallest absolute Gasteiger partial charge is 0.308 e. The number of amides is 2. The molecule has 0 radical (unpaired) electrons. The highest BCUT2D eigenvalue weighted by Crippen LogP contribution is 2.25. The Bertz CT molecular complexity index is 864. The normalized spacial score (nSPS) is 18.3. The standard InChI is InChI=1S/C17H15ClN2O3S/c18-13-6-8-15(9-7-13)20(16-10-11-24(22,23)12-16)17(21)19-14-4-2-1-3-5-14/h1-11,16H,12H2,(H,19,21)/t16-/m0/s1. The zero-order valence-corrected chi connectivity index (χ0v) is 14.2. The van der Waals surface area contributed by atoms with Crippen LogP contribution in [-0.2, 0) is 9.84 Å². The lowest BCUT2D eigenvalue weighted by atomic mass is 10.2. The SMILES string of the molecule is O=C(Nc1ccccc1)N(c1ccc(Cl)cc1)[C@H]1C=CS(=O)(=O)C1. The van der Waals surface area contributed by atoms with Crippen LogP contribution in [0.5, 0.6) is 0 Å². The fourth-order valence-electron chi connectivity index (χ4n) is 2.49. The quantitative estimate of drug-likeness (QED) is 0.905. The van der Waals surface area contributed by atoms with Crippen molar-refractivity contribution in [2.24, 2.45) is 0 Å². The van der Waals surface area contributed by atoms with Gasteiger partial charge in [-0.3, -0.25) is 4.90 Å². The van der Waals surface area contributed by atoms with Crippen molar-refractivity contribution in [3.63, 3.8) is 0 Å². The summed E-state index contributed by atoms with van der Waals surface area (Å²) >= 11 is 5.90. The number of carbonyl (C=O) groups excluding carboxylic acids is 1. The van der Waals surface area contributed by atoms with Gasteiger partial charge in [-0.05, 0) is 42.5 Å². The minimum absolute atomic E-state index is 0.141. The van der Waals surface area contributed by atoms with Crippen molar-refractivity contribution in [2.45, 2.75) is 6.04 Å². The van der Waals surface area contributed by atoms with Gasteiger partial charge in [-0.25, -0.2) is 13.2 Å². The van der Waals surface area contributed by atoms with Gasteiger partial charge in [-0.15, -0.1) is 0 Å². The van der Waals surface area contributed by atoms with Gasteiger partial charge in [0.2, 0.25) is 0 Å². The second kappa shape index (κ2) is 6.67. The highest BCUT2D eigenvalue weighted by atomic mass is 35.5. The molecule has 1 N–H and O–H groups in total. The Balaban J connectivity index is 1.91. The maximum absolute atomic E-state index is 12.7. The Hall–Kier alpha value is -2.31. The highest BCUT2D eigenvalue weighted by Gasteiger charge is 2.31. The highest BCUT2D eigenvalue weighted by molar-refractivity contribution is 7.94. The van der Waals surface area contributed by atoms with Crippen LogP contribution in [0, 0.1) is 0 Å². The van der Waals surface area contributed by atoms with Crippen molar-refractivity contribution in [2.75, 3.05) is 16.0 Å². The number of sulfone groups is 1. The van der Waals surface area contributed by atoms with Crippen LogP contribution in [0.4, 0.5) is 16.2 Å². The molecule has 7 heteroatoms. The van der Waals surface area contributed by atoms with Crippen molar-refractivity contribution >= 4 is 38.8 Å². The summed E-state index contributed by atoms with van der Waals surface area (Å²) in [6, 6.07) is 14.7. The molecule has 5 nitrogen and oxygen atoms in total. The molecule has 2 aromatic carbocycles. The van der Waals surface area contributed by atoms with Crippen LogP contribution in [0.3, 0.4) is 0 Å². The summed E-state index contributed by atoms with van der Waals surface area (Å²) in [7, 11) is -3.29. The summed E-state index contributed by atoms with van der Waals surface area (Å²) in [4.78, 5) is 14.2. The van der Waals surface area contributed by atoms with Gasteiger partial charge in [0.05, 0.1) is 11.8 Å². The molecule has 0 aliphatic carbocycles. The van der Waals surface area contributed by atoms with Crippen LogP contribution in [0.15, 0.2) is 66.1 Å². The van der Waals surface area contributed by atoms with Crippen LogP contribution in [0.1, 0.15) is 0 Å². The van der Waals surface area contributed by atoms with Crippen molar-refractivity contribution in [3.8, 4) is 0 Å². The number of urea groups is 1. The van der Waals surface area contributed by atoms with E-state index in [1.165, 1.54) is 11.0 Å². The van der Waals surface area contributed by atoms with Gasteiger partial charge in [0.1, 0.15) is 0 Å². The van der Waals surface area contributed by atoms with E-state index in [0.29, 0.717) is 16.4 Å². The summed E-state index contributed by atoms with van der Waals surface area (Å²) in [5, 5.41) is 4.47. The van der Waals surface area contributed by atoms with Gasteiger partial charge in [-0.2, -0.15) is 0 Å². The Kier molecular flexibility index (Phi) is 4.59. The number of nitrogens with zero attached hydrogens (tertiary/aromatic N) is 1. The summed E-state index contributed by atoms with van der Waals surface area (Å²) in [6.07, 6.45) is 1.52. The predicted molar refractivity (Wildman–Crippen MR) is 96.1 cm³/mol. The monoisotopic (exact) mass is 362 g/mol. The molecule has 0 saturated carbocycles. The Morgan fingerprint density at radius 2 is 1.75 bits per heavy atom. The van der Waals surface area contributed by atoms with E-state index in [-0.39, 0.29) is 5.75 Å². The van der Waals surface area contributed by atoms with Crippen LogP contribution in [-0.4, -0.2) is 26.2 Å². The molecule has 0 fully saturated rings. The lowest BCUT2D eigenvalue weighted by molar-refractivity contribution is 0.256. The molecule has 124 valence electrons. The maximum Gasteiger partial charge on any atom is 0.326 e. The second-order valence-electron chi connectivity index (χ2n) is 5.37. The largest absolute Gasteiger partial charge is 0.326 e. The molecule has 1 aliphatic heterocycles. The summed E-state index contributed by atoms with van der Waals surface area (Å²) in [5.74, 6) is -0.141. The number of rotatable bonds is 3. The molecule has 0 spiro atoms. The minimum Gasteiger partial charge on any atom is -0.308 e. The number of para-hydroxylation sites is 1. The molecule has 2 aromatic rings. The minimum atomic E-state index is -3.29. The summed E-state index contributed by atoms with van der Waals surface area (Å²) < 4.78 is 23.5. The van der Waals surface area contributed by atoms with Crippen molar-refractivity contribution in [1.82, 2.24) is 0 Å². The van der Waals surface area contributed by atoms with Crippen LogP contribution in [0.25, 0.3) is 0 Å². The molecular formula is C17H15ClN2O3S. The van der Waals surface area contributed by atoms with Crippen molar-refractivity contribution < 1.29 is 13.2 Å². The molecule has 1 heterocycles. The Morgan fingerprint density at radius 1 is 1.08 bits per heavy atom. The number of carbonyl (C=O) groups is 1. The van der Waals surface area contributed by atoms with Crippen LogP contribution in [0.2, 0.25) is 5.02 Å². The van der Waals surface area contributed by atoms with Gasteiger partial charge >= 0.3 is 6.03 Å². The van der Waals surface area contributed by atoms with Gasteiger partial charge in [0.15, 0.2) is 9.84 Å². The first-order valence-electron chi connectivity index (χ1n) is 7.26. The van der Waals surface area contributed by atoms with E-state index in [2.05, 4.69) is 5.32 Å². The fraction of sp³-hybridized carbons (Fsp3) is 0.118. The number of hydrogen-bond acceptors (Lipinski definition) is 3. The number of benzene rings is 2. The summed E-state index contributed by atoms with van der Waals surface area (Å²) in [5.41, 5.74) is 1.20. The second-order valence-corrected chi connectivity index (χ2v) is 7.74. The number of anilines is 2. The molecule has 24 heavy (non-hydrogen) atoms. The van der Waals surface area contributed by atoms with Gasteiger partial charge < -0.3 is 5.32 Å². The zero-order chi connectivity index (χ0) is 17.2. The van der Waals surface area contributed by atoms with Crippen molar-refractivity contribution in [1.29, 1.82) is 0 Å². The number of hydrogen-bond donors (Lipinski definition) is 1. The number of halogens is 1. The molecule has 2 amide bonds. The molecule has 0 bridgehead atoms. The molecule has 0 saturated heterocycles.